The van der Waals surface area contributed by atoms with E-state index in [0.29, 0.717) is 17.5 Å². The van der Waals surface area contributed by atoms with Crippen LogP contribution in [0.15, 0.2) is 59.5 Å². The van der Waals surface area contributed by atoms with Gasteiger partial charge in [-0.05, 0) is 55.3 Å². The van der Waals surface area contributed by atoms with E-state index in [1.54, 1.807) is 44.6 Å². The predicted molar refractivity (Wildman–Crippen MR) is 138 cm³/mol. The van der Waals surface area contributed by atoms with Crippen molar-refractivity contribution in [2.45, 2.75) is 25.5 Å². The molecule has 11 heteroatoms. The van der Waals surface area contributed by atoms with Crippen LogP contribution in [0.3, 0.4) is 0 Å². The number of allylic oxidation sites excluding steroid dienone is 1. The molecule has 3 rings (SSSR count). The zero-order chi connectivity index (χ0) is 27.1. The van der Waals surface area contributed by atoms with Crippen LogP contribution >= 0.6 is 0 Å². The van der Waals surface area contributed by atoms with Crippen molar-refractivity contribution in [3.05, 3.63) is 76.6 Å². The number of hydrogen-bond acceptors (Lipinski definition) is 5. The summed E-state index contributed by atoms with van der Waals surface area (Å²) < 4.78 is 20.2. The molecule has 0 fully saturated rings. The summed E-state index contributed by atoms with van der Waals surface area (Å²) in [4.78, 5) is 55.6. The first-order valence-electron chi connectivity index (χ1n) is 11.6. The first-order valence-corrected chi connectivity index (χ1v) is 11.6. The third kappa shape index (κ3) is 7.29. The number of anilines is 1. The van der Waals surface area contributed by atoms with Crippen LogP contribution in [0, 0.1) is 5.82 Å². The van der Waals surface area contributed by atoms with Crippen molar-refractivity contribution in [2.24, 2.45) is 0 Å². The second-order valence-corrected chi connectivity index (χ2v) is 8.85. The Labute approximate surface area is 213 Å². The molecule has 1 atom stereocenters. The molecule has 0 bridgehead atoms. The van der Waals surface area contributed by atoms with E-state index < -0.39 is 23.7 Å². The summed E-state index contributed by atoms with van der Waals surface area (Å²) in [5.41, 5.74) is 0.970. The maximum absolute atomic E-state index is 13.5. The number of fused-ring (bicyclic) bond motifs is 1. The molecule has 3 amide bonds. The van der Waals surface area contributed by atoms with Gasteiger partial charge in [0.2, 0.25) is 5.91 Å². The highest BCUT2D eigenvalue weighted by Gasteiger charge is 2.24. The van der Waals surface area contributed by atoms with Crippen LogP contribution in [0.25, 0.3) is 10.9 Å². The average molecular weight is 512 g/mol. The summed E-state index contributed by atoms with van der Waals surface area (Å²) in [5.74, 6) is -1.24. The number of nitrogens with one attached hydrogen (secondary N) is 2. The van der Waals surface area contributed by atoms with Crippen LogP contribution < -0.4 is 10.9 Å². The molecule has 0 unspecified atom stereocenters. The second kappa shape index (κ2) is 12.0. The van der Waals surface area contributed by atoms with Crippen molar-refractivity contribution in [3.63, 3.8) is 0 Å². The Balaban J connectivity index is 1.74. The van der Waals surface area contributed by atoms with Crippen molar-refractivity contribution in [3.8, 4) is 0 Å². The molecule has 196 valence electrons. The Morgan fingerprint density at radius 1 is 1.14 bits per heavy atom. The van der Waals surface area contributed by atoms with Crippen molar-refractivity contribution in [2.75, 3.05) is 33.5 Å². The minimum atomic E-state index is -1.19. The molecule has 0 spiro atoms. The summed E-state index contributed by atoms with van der Waals surface area (Å²) in [6, 6.07) is 9.18. The van der Waals surface area contributed by atoms with Gasteiger partial charge in [0, 0.05) is 51.0 Å². The van der Waals surface area contributed by atoms with E-state index in [0.717, 1.165) is 5.52 Å². The highest BCUT2D eigenvalue weighted by Crippen LogP contribution is 2.17. The quantitative estimate of drug-likeness (QED) is 0.429. The lowest BCUT2D eigenvalue weighted by molar-refractivity contribution is -0.125. The fraction of sp³-hybridized carbons (Fsp3) is 0.308. The number of nitrogens with zero attached hydrogens (tertiary/aromatic N) is 3. The first kappa shape index (κ1) is 27.2. The smallest absolute Gasteiger partial charge is 0.410 e. The lowest BCUT2D eigenvalue weighted by Gasteiger charge is -2.19. The monoisotopic (exact) mass is 511 g/mol. The minimum Gasteiger partial charge on any atom is -0.436 e. The molecule has 1 aromatic carbocycles. The molecule has 0 saturated heterocycles. The van der Waals surface area contributed by atoms with Gasteiger partial charge in [-0.15, -0.1) is 0 Å². The van der Waals surface area contributed by atoms with Crippen LogP contribution in [-0.2, 0) is 20.9 Å². The van der Waals surface area contributed by atoms with Crippen LogP contribution in [0.4, 0.5) is 14.9 Å². The number of amides is 3. The van der Waals surface area contributed by atoms with Gasteiger partial charge in [0.1, 0.15) is 11.5 Å². The molecule has 0 aliphatic heterocycles. The van der Waals surface area contributed by atoms with E-state index >= 15 is 0 Å². The van der Waals surface area contributed by atoms with E-state index in [2.05, 4.69) is 10.3 Å². The van der Waals surface area contributed by atoms with E-state index in [-0.39, 0.29) is 30.4 Å². The number of hydrogen-bond donors (Lipinski definition) is 2. The van der Waals surface area contributed by atoms with Gasteiger partial charge < -0.3 is 29.4 Å². The van der Waals surface area contributed by atoms with Gasteiger partial charge in [0.25, 0.3) is 11.5 Å². The maximum Gasteiger partial charge on any atom is 0.410 e. The molecule has 0 radical (unpaired) electrons. The Morgan fingerprint density at radius 2 is 1.89 bits per heavy atom. The van der Waals surface area contributed by atoms with Gasteiger partial charge in [-0.3, -0.25) is 14.4 Å². The first-order chi connectivity index (χ1) is 17.5. The van der Waals surface area contributed by atoms with Crippen LogP contribution in [-0.4, -0.2) is 71.6 Å². The number of pyridine rings is 1. The zero-order valence-electron chi connectivity index (χ0n) is 21.2. The molecule has 0 aliphatic rings. The molecular formula is C26H30FN5O5. The van der Waals surface area contributed by atoms with E-state index in [1.165, 1.54) is 52.7 Å². The Kier molecular flexibility index (Phi) is 8.83. The summed E-state index contributed by atoms with van der Waals surface area (Å²) in [5, 5.41) is 3.24. The number of ether oxygens (including phenoxy) is 1. The Morgan fingerprint density at radius 3 is 2.59 bits per heavy atom. The van der Waals surface area contributed by atoms with Gasteiger partial charge in [-0.2, -0.15) is 0 Å². The molecule has 2 N–H and O–H groups in total. The fourth-order valence-electron chi connectivity index (χ4n) is 3.45. The fourth-order valence-corrected chi connectivity index (χ4v) is 3.45. The van der Waals surface area contributed by atoms with Gasteiger partial charge in [-0.25, -0.2) is 9.18 Å². The molecule has 2 heterocycles. The number of aromatic amines is 1. The lowest BCUT2D eigenvalue weighted by atomic mass is 10.1. The van der Waals surface area contributed by atoms with E-state index in [4.69, 9.17) is 4.74 Å². The van der Waals surface area contributed by atoms with Gasteiger partial charge in [-0.1, -0.05) is 6.08 Å². The van der Waals surface area contributed by atoms with E-state index in [9.17, 15) is 23.6 Å². The van der Waals surface area contributed by atoms with Crippen LogP contribution in [0.2, 0.25) is 0 Å². The summed E-state index contributed by atoms with van der Waals surface area (Å²) >= 11 is 0. The standard InChI is InChI=1S/C26H30FN5O5/c1-30(2)23(33)10-6-5-9-22(37-26(36)31(3)4)24(34)29-21-8-7-13-32(25(21)35)16-19-15-17-14-18(27)11-12-20(17)28-19/h6-8,10-15,22,28H,5,9,16H2,1-4H3,(H,29,34)/b10-6+/t22-/m0/s1. The number of likely N-dealkylation sites (N-methyl/N-ethyl adjacent to an activating group) is 1. The number of H-pyrrole nitrogens is 1. The molecule has 0 aliphatic carbocycles. The highest BCUT2D eigenvalue weighted by atomic mass is 19.1. The van der Waals surface area contributed by atoms with Crippen molar-refractivity contribution in [1.29, 1.82) is 0 Å². The van der Waals surface area contributed by atoms with Gasteiger partial charge in [0.15, 0.2) is 6.10 Å². The molecule has 37 heavy (non-hydrogen) atoms. The average Bonchev–Trinajstić information content (AvgIpc) is 3.24. The highest BCUT2D eigenvalue weighted by molar-refractivity contribution is 5.95. The van der Waals surface area contributed by atoms with Gasteiger partial charge in [0.05, 0.1) is 6.54 Å². The van der Waals surface area contributed by atoms with E-state index in [1.807, 2.05) is 0 Å². The molecule has 0 saturated carbocycles. The SMILES string of the molecule is CN(C)C(=O)/C=C/CC[C@H](OC(=O)N(C)C)C(=O)Nc1cccn(Cc2cc3cc(F)ccc3[nH]2)c1=O. The summed E-state index contributed by atoms with van der Waals surface area (Å²) in [7, 11) is 6.21. The van der Waals surface area contributed by atoms with Crippen LogP contribution in [0.5, 0.6) is 0 Å². The number of benzene rings is 1. The zero-order valence-corrected chi connectivity index (χ0v) is 21.2. The Bertz CT molecular complexity index is 1380. The molecule has 3 aromatic rings. The topological polar surface area (TPSA) is 117 Å². The van der Waals surface area contributed by atoms with Crippen molar-refractivity contribution >= 4 is 34.5 Å². The summed E-state index contributed by atoms with van der Waals surface area (Å²) in [6.07, 6.45) is 3.03. The van der Waals surface area contributed by atoms with Crippen LogP contribution in [0.1, 0.15) is 18.5 Å². The molecule has 2 aromatic heterocycles. The van der Waals surface area contributed by atoms with Gasteiger partial charge >= 0.3 is 6.09 Å². The third-order valence-corrected chi connectivity index (χ3v) is 5.45. The number of halogens is 1. The summed E-state index contributed by atoms with van der Waals surface area (Å²) in [6.45, 7) is 0.169. The van der Waals surface area contributed by atoms with Crippen molar-refractivity contribution in [1.82, 2.24) is 19.4 Å². The second-order valence-electron chi connectivity index (χ2n) is 8.85. The normalized spacial score (nSPS) is 11.9. The number of carbonyl (C=O) groups is 3. The number of aromatic nitrogens is 2. The predicted octanol–water partition coefficient (Wildman–Crippen LogP) is 2.95. The number of carbonyl (C=O) groups excluding carboxylic acids is 3. The maximum atomic E-state index is 13.5. The Hall–Kier alpha value is -4.41. The molecule has 10 nitrogen and oxygen atoms in total. The lowest BCUT2D eigenvalue weighted by Crippen LogP contribution is -2.37. The third-order valence-electron chi connectivity index (χ3n) is 5.45. The number of rotatable bonds is 9. The van der Waals surface area contributed by atoms with Crippen molar-refractivity contribution < 1.29 is 23.5 Å². The minimum absolute atomic E-state index is 0.0129. The molecular weight excluding hydrogens is 481 g/mol. The largest absolute Gasteiger partial charge is 0.436 e.